The standard InChI is InChI=1S/C25H29BrN2O4/c1-30-20-8-6-17(7-9-20)18-12-19-15-27-22-14-24(32-11-5-3-4-10-26)23(31-2)13-21(22)25(29)28(19)16-18/h6-9,13-14,16,19,27H,3-5,10-12,15H2,1-2H3. The molecule has 0 fully saturated rings. The van der Waals surface area contributed by atoms with Crippen LogP contribution in [0.5, 0.6) is 17.2 Å². The molecule has 0 bridgehead atoms. The predicted molar refractivity (Wildman–Crippen MR) is 130 cm³/mol. The lowest BCUT2D eigenvalue weighted by Crippen LogP contribution is -2.34. The Morgan fingerprint density at radius 3 is 2.59 bits per heavy atom. The van der Waals surface area contributed by atoms with Crippen molar-refractivity contribution in [1.29, 1.82) is 0 Å². The molecule has 2 heterocycles. The molecule has 0 saturated heterocycles. The molecule has 2 aromatic carbocycles. The molecule has 32 heavy (non-hydrogen) atoms. The second-order valence-electron chi connectivity index (χ2n) is 7.98. The first-order valence-electron chi connectivity index (χ1n) is 11.0. The van der Waals surface area contributed by atoms with E-state index in [4.69, 9.17) is 14.2 Å². The number of nitrogens with one attached hydrogen (secondary N) is 1. The Hall–Kier alpha value is -2.67. The van der Waals surface area contributed by atoms with Crippen molar-refractivity contribution in [3.63, 3.8) is 0 Å². The zero-order valence-electron chi connectivity index (χ0n) is 18.5. The number of rotatable bonds is 9. The third kappa shape index (κ3) is 4.72. The third-order valence-corrected chi connectivity index (χ3v) is 6.50. The van der Waals surface area contributed by atoms with Crippen molar-refractivity contribution in [3.8, 4) is 17.2 Å². The molecule has 1 unspecified atom stereocenters. The van der Waals surface area contributed by atoms with Gasteiger partial charge in [0, 0.05) is 24.1 Å². The summed E-state index contributed by atoms with van der Waals surface area (Å²) < 4.78 is 16.8. The first-order valence-corrected chi connectivity index (χ1v) is 12.1. The minimum atomic E-state index is -0.0271. The van der Waals surface area contributed by atoms with E-state index in [1.54, 1.807) is 20.3 Å². The summed E-state index contributed by atoms with van der Waals surface area (Å²) in [6, 6.07) is 11.7. The zero-order valence-corrected chi connectivity index (χ0v) is 20.1. The van der Waals surface area contributed by atoms with E-state index in [0.29, 0.717) is 30.2 Å². The molecule has 0 aliphatic carbocycles. The molecule has 1 atom stereocenters. The number of fused-ring (bicyclic) bond motifs is 2. The van der Waals surface area contributed by atoms with Crippen LogP contribution in [0.2, 0.25) is 0 Å². The molecule has 1 N–H and O–H groups in total. The first-order chi connectivity index (χ1) is 15.6. The summed E-state index contributed by atoms with van der Waals surface area (Å²) in [5, 5.41) is 4.47. The summed E-state index contributed by atoms with van der Waals surface area (Å²) in [7, 11) is 3.26. The van der Waals surface area contributed by atoms with Crippen molar-refractivity contribution in [3.05, 3.63) is 53.7 Å². The van der Waals surface area contributed by atoms with Gasteiger partial charge in [0.15, 0.2) is 11.5 Å². The average molecular weight is 501 g/mol. The van der Waals surface area contributed by atoms with Crippen molar-refractivity contribution < 1.29 is 19.0 Å². The van der Waals surface area contributed by atoms with Gasteiger partial charge in [0.05, 0.1) is 38.1 Å². The number of hydrogen-bond donors (Lipinski definition) is 1. The number of ether oxygens (including phenoxy) is 3. The number of carbonyl (C=O) groups is 1. The lowest BCUT2D eigenvalue weighted by Gasteiger charge is -2.20. The van der Waals surface area contributed by atoms with Gasteiger partial charge in [0.1, 0.15) is 5.75 Å². The first kappa shape index (κ1) is 22.5. The van der Waals surface area contributed by atoms with Gasteiger partial charge in [0.25, 0.3) is 5.91 Å². The highest BCUT2D eigenvalue weighted by Crippen LogP contribution is 2.39. The number of carbonyl (C=O) groups excluding carboxylic acids is 1. The Labute approximate surface area is 197 Å². The summed E-state index contributed by atoms with van der Waals surface area (Å²) >= 11 is 3.45. The van der Waals surface area contributed by atoms with Crippen LogP contribution in [-0.4, -0.2) is 49.6 Å². The molecule has 2 aliphatic heterocycles. The van der Waals surface area contributed by atoms with Crippen LogP contribution >= 0.6 is 15.9 Å². The van der Waals surface area contributed by atoms with Crippen LogP contribution in [-0.2, 0) is 0 Å². The van der Waals surface area contributed by atoms with E-state index in [1.165, 1.54) is 0 Å². The van der Waals surface area contributed by atoms with Gasteiger partial charge in [-0.05, 0) is 55.0 Å². The maximum absolute atomic E-state index is 13.4. The molecule has 1 amide bonds. The molecule has 2 aromatic rings. The highest BCUT2D eigenvalue weighted by atomic mass is 79.9. The summed E-state index contributed by atoms with van der Waals surface area (Å²) in [4.78, 5) is 15.3. The molecule has 7 heteroatoms. The highest BCUT2D eigenvalue weighted by molar-refractivity contribution is 9.09. The normalized spacial score (nSPS) is 17.1. The van der Waals surface area contributed by atoms with Crippen LogP contribution < -0.4 is 19.5 Å². The minimum absolute atomic E-state index is 0.0271. The van der Waals surface area contributed by atoms with Gasteiger partial charge in [-0.2, -0.15) is 0 Å². The lowest BCUT2D eigenvalue weighted by molar-refractivity contribution is 0.0796. The van der Waals surface area contributed by atoms with E-state index in [1.807, 2.05) is 41.4 Å². The summed E-state index contributed by atoms with van der Waals surface area (Å²) in [5.41, 5.74) is 3.64. The van der Waals surface area contributed by atoms with Crippen LogP contribution in [0.4, 0.5) is 5.69 Å². The molecule has 6 nitrogen and oxygen atoms in total. The van der Waals surface area contributed by atoms with Gasteiger partial charge in [-0.1, -0.05) is 28.1 Å². The highest BCUT2D eigenvalue weighted by Gasteiger charge is 2.34. The Balaban J connectivity index is 1.54. The van der Waals surface area contributed by atoms with E-state index in [2.05, 4.69) is 21.2 Å². The number of methoxy groups -OCH3 is 2. The van der Waals surface area contributed by atoms with Gasteiger partial charge >= 0.3 is 0 Å². The number of amides is 1. The molecule has 0 spiro atoms. The van der Waals surface area contributed by atoms with Crippen LogP contribution in [0.15, 0.2) is 42.6 Å². The molecule has 4 rings (SSSR count). The Bertz CT molecular complexity index is 990. The van der Waals surface area contributed by atoms with Crippen LogP contribution in [0.25, 0.3) is 5.57 Å². The lowest BCUT2D eigenvalue weighted by atomic mass is 10.0. The topological polar surface area (TPSA) is 60.0 Å². The number of alkyl halides is 1. The fourth-order valence-corrected chi connectivity index (χ4v) is 4.54. The third-order valence-electron chi connectivity index (χ3n) is 5.94. The van der Waals surface area contributed by atoms with E-state index in [-0.39, 0.29) is 11.9 Å². The monoisotopic (exact) mass is 500 g/mol. The van der Waals surface area contributed by atoms with Gasteiger partial charge in [-0.15, -0.1) is 0 Å². The van der Waals surface area contributed by atoms with Gasteiger partial charge < -0.3 is 24.4 Å². The van der Waals surface area contributed by atoms with Gasteiger partial charge in [-0.3, -0.25) is 4.79 Å². The number of anilines is 1. The Morgan fingerprint density at radius 1 is 1.06 bits per heavy atom. The average Bonchev–Trinajstić information content (AvgIpc) is 3.21. The van der Waals surface area contributed by atoms with Crippen LogP contribution in [0.1, 0.15) is 41.6 Å². The molecule has 2 aliphatic rings. The van der Waals surface area contributed by atoms with Crippen LogP contribution in [0, 0.1) is 0 Å². The molecule has 170 valence electrons. The fraction of sp³-hybridized carbons (Fsp3) is 0.400. The number of unbranched alkanes of at least 4 members (excludes halogenated alkanes) is 2. The van der Waals surface area contributed by atoms with Crippen molar-refractivity contribution in [2.75, 3.05) is 38.0 Å². The Kier molecular flexibility index (Phi) is 7.25. The summed E-state index contributed by atoms with van der Waals surface area (Å²) in [6.07, 6.45) is 5.99. The largest absolute Gasteiger partial charge is 0.497 e. The summed E-state index contributed by atoms with van der Waals surface area (Å²) in [5.74, 6) is 2.04. The smallest absolute Gasteiger partial charge is 0.260 e. The van der Waals surface area contributed by atoms with Crippen molar-refractivity contribution in [2.45, 2.75) is 31.7 Å². The van der Waals surface area contributed by atoms with E-state index in [9.17, 15) is 4.79 Å². The quantitative estimate of drug-likeness (QED) is 0.372. The number of halogens is 1. The maximum Gasteiger partial charge on any atom is 0.260 e. The van der Waals surface area contributed by atoms with E-state index in [0.717, 1.165) is 53.6 Å². The molecule has 0 radical (unpaired) electrons. The van der Waals surface area contributed by atoms with Gasteiger partial charge in [0.2, 0.25) is 0 Å². The summed E-state index contributed by atoms with van der Waals surface area (Å²) in [6.45, 7) is 1.30. The van der Waals surface area contributed by atoms with Crippen LogP contribution in [0.3, 0.4) is 0 Å². The van der Waals surface area contributed by atoms with Gasteiger partial charge in [-0.25, -0.2) is 0 Å². The predicted octanol–water partition coefficient (Wildman–Crippen LogP) is 5.33. The zero-order chi connectivity index (χ0) is 22.5. The Morgan fingerprint density at radius 2 is 1.88 bits per heavy atom. The minimum Gasteiger partial charge on any atom is -0.497 e. The maximum atomic E-state index is 13.4. The van der Waals surface area contributed by atoms with Crippen molar-refractivity contribution in [2.24, 2.45) is 0 Å². The molecular formula is C25H29BrN2O4. The number of hydrogen-bond acceptors (Lipinski definition) is 5. The molecule has 0 saturated carbocycles. The number of benzene rings is 2. The molecular weight excluding hydrogens is 472 g/mol. The van der Waals surface area contributed by atoms with Crippen molar-refractivity contribution in [1.82, 2.24) is 4.90 Å². The molecule has 0 aromatic heterocycles. The van der Waals surface area contributed by atoms with Crippen molar-refractivity contribution >= 4 is 33.1 Å². The second kappa shape index (κ2) is 10.3. The SMILES string of the molecule is COc1ccc(C2=CN3C(=O)c4cc(OC)c(OCCCCCBr)cc4NCC3C2)cc1. The van der Waals surface area contributed by atoms with E-state index < -0.39 is 0 Å². The van der Waals surface area contributed by atoms with E-state index >= 15 is 0 Å². The fourth-order valence-electron chi connectivity index (χ4n) is 4.15. The second-order valence-corrected chi connectivity index (χ2v) is 8.77. The number of nitrogens with zero attached hydrogens (tertiary/aromatic N) is 1.